The van der Waals surface area contributed by atoms with Crippen LogP contribution in [0.3, 0.4) is 0 Å². The van der Waals surface area contributed by atoms with Crippen LogP contribution in [0.5, 0.6) is 0 Å². The number of rotatable bonds is 7. The monoisotopic (exact) mass is 400 g/mol. The number of benzene rings is 3. The predicted molar refractivity (Wildman–Crippen MR) is 118 cm³/mol. The SMILES string of the molecule is Cc1nc(NCc2ccccc2Sc2ccccc2CN=O)nc2ccccc12. The van der Waals surface area contributed by atoms with E-state index < -0.39 is 0 Å². The number of nitrogens with zero attached hydrogens (tertiary/aromatic N) is 3. The third-order valence-corrected chi connectivity index (χ3v) is 5.87. The van der Waals surface area contributed by atoms with Crippen LogP contribution in [0.15, 0.2) is 87.8 Å². The minimum absolute atomic E-state index is 0.174. The summed E-state index contributed by atoms with van der Waals surface area (Å²) in [5.74, 6) is 0.617. The number of fused-ring (bicyclic) bond motifs is 1. The van der Waals surface area contributed by atoms with Crippen LogP contribution in [0.2, 0.25) is 0 Å². The first-order chi connectivity index (χ1) is 14.2. The van der Waals surface area contributed by atoms with Gasteiger partial charge in [0.05, 0.1) is 11.2 Å². The van der Waals surface area contributed by atoms with E-state index in [1.165, 1.54) is 0 Å². The highest BCUT2D eigenvalue weighted by atomic mass is 32.2. The smallest absolute Gasteiger partial charge is 0.223 e. The Morgan fingerprint density at radius 2 is 1.52 bits per heavy atom. The summed E-state index contributed by atoms with van der Waals surface area (Å²) in [5.41, 5.74) is 3.96. The van der Waals surface area contributed by atoms with Crippen LogP contribution in [-0.4, -0.2) is 9.97 Å². The van der Waals surface area contributed by atoms with Crippen molar-refractivity contribution in [3.05, 3.63) is 94.5 Å². The normalized spacial score (nSPS) is 10.8. The number of hydrogen-bond donors (Lipinski definition) is 1. The Balaban J connectivity index is 1.56. The lowest BCUT2D eigenvalue weighted by Gasteiger charge is -2.12. The molecule has 4 aromatic rings. The summed E-state index contributed by atoms with van der Waals surface area (Å²) >= 11 is 1.64. The number of aromatic nitrogens is 2. The van der Waals surface area contributed by atoms with E-state index in [9.17, 15) is 4.91 Å². The van der Waals surface area contributed by atoms with Gasteiger partial charge in [-0.25, -0.2) is 9.97 Å². The largest absolute Gasteiger partial charge is 0.350 e. The summed E-state index contributed by atoms with van der Waals surface area (Å²) in [6, 6.07) is 24.1. The number of para-hydroxylation sites is 1. The highest BCUT2D eigenvalue weighted by Crippen LogP contribution is 2.33. The molecular formula is C23H20N4OS. The molecule has 5 nitrogen and oxygen atoms in total. The topological polar surface area (TPSA) is 67.2 Å². The van der Waals surface area contributed by atoms with Gasteiger partial charge in [-0.3, -0.25) is 0 Å². The van der Waals surface area contributed by atoms with Gasteiger partial charge in [-0.15, -0.1) is 0 Å². The molecule has 0 aliphatic heterocycles. The Morgan fingerprint density at radius 1 is 0.862 bits per heavy atom. The zero-order chi connectivity index (χ0) is 20.1. The van der Waals surface area contributed by atoms with E-state index in [4.69, 9.17) is 0 Å². The van der Waals surface area contributed by atoms with Crippen molar-refractivity contribution in [3.63, 3.8) is 0 Å². The van der Waals surface area contributed by atoms with E-state index in [0.717, 1.165) is 37.5 Å². The van der Waals surface area contributed by atoms with Crippen LogP contribution < -0.4 is 5.32 Å². The fourth-order valence-corrected chi connectivity index (χ4v) is 4.23. The molecule has 0 atom stereocenters. The average Bonchev–Trinajstić information content (AvgIpc) is 2.75. The maximum atomic E-state index is 10.7. The lowest BCUT2D eigenvalue weighted by molar-refractivity contribution is 1.01. The molecule has 0 amide bonds. The first kappa shape index (κ1) is 19.1. The van der Waals surface area contributed by atoms with Crippen molar-refractivity contribution in [2.75, 3.05) is 5.32 Å². The molecular weight excluding hydrogens is 380 g/mol. The second-order valence-corrected chi connectivity index (χ2v) is 7.69. The number of nitroso groups, excluding NO2 is 1. The Bertz CT molecular complexity index is 1160. The predicted octanol–water partition coefficient (Wildman–Crippen LogP) is 5.97. The van der Waals surface area contributed by atoms with Gasteiger partial charge in [-0.1, -0.05) is 71.5 Å². The van der Waals surface area contributed by atoms with Crippen LogP contribution >= 0.6 is 11.8 Å². The molecule has 3 aromatic carbocycles. The highest BCUT2D eigenvalue weighted by molar-refractivity contribution is 7.99. The van der Waals surface area contributed by atoms with E-state index in [2.05, 4.69) is 32.6 Å². The van der Waals surface area contributed by atoms with Crippen molar-refractivity contribution < 1.29 is 0 Å². The van der Waals surface area contributed by atoms with E-state index in [0.29, 0.717) is 12.5 Å². The van der Waals surface area contributed by atoms with Gasteiger partial charge >= 0.3 is 0 Å². The highest BCUT2D eigenvalue weighted by Gasteiger charge is 2.09. The molecule has 0 saturated heterocycles. The second kappa shape index (κ2) is 8.84. The molecule has 6 heteroatoms. The maximum Gasteiger partial charge on any atom is 0.223 e. The van der Waals surface area contributed by atoms with E-state index >= 15 is 0 Å². The van der Waals surface area contributed by atoms with E-state index in [-0.39, 0.29) is 6.54 Å². The summed E-state index contributed by atoms with van der Waals surface area (Å²) < 4.78 is 0. The molecule has 0 aliphatic carbocycles. The molecule has 0 spiro atoms. The second-order valence-electron chi connectivity index (χ2n) is 6.61. The molecule has 0 fully saturated rings. The Kier molecular flexibility index (Phi) is 5.81. The zero-order valence-corrected chi connectivity index (χ0v) is 16.8. The maximum absolute atomic E-state index is 10.7. The average molecular weight is 401 g/mol. The van der Waals surface area contributed by atoms with Gasteiger partial charge in [0.15, 0.2) is 0 Å². The van der Waals surface area contributed by atoms with Gasteiger partial charge in [0.1, 0.15) is 6.54 Å². The molecule has 4 rings (SSSR count). The van der Waals surface area contributed by atoms with E-state index in [1.54, 1.807) is 11.8 Å². The Hall–Kier alpha value is -3.25. The molecule has 144 valence electrons. The molecule has 0 saturated carbocycles. The third kappa shape index (κ3) is 4.43. The molecule has 1 aromatic heterocycles. The van der Waals surface area contributed by atoms with Crippen molar-refractivity contribution >= 4 is 28.6 Å². The van der Waals surface area contributed by atoms with Crippen LogP contribution in [-0.2, 0) is 13.1 Å². The lowest BCUT2D eigenvalue weighted by Crippen LogP contribution is -2.05. The molecule has 0 aliphatic rings. The zero-order valence-electron chi connectivity index (χ0n) is 16.0. The van der Waals surface area contributed by atoms with Gasteiger partial charge in [-0.2, -0.15) is 4.91 Å². The van der Waals surface area contributed by atoms with Gasteiger partial charge in [-0.05, 0) is 36.2 Å². The molecule has 1 N–H and O–H groups in total. The minimum atomic E-state index is 0.174. The summed E-state index contributed by atoms with van der Waals surface area (Å²) in [7, 11) is 0. The lowest BCUT2D eigenvalue weighted by atomic mass is 10.2. The minimum Gasteiger partial charge on any atom is -0.350 e. The van der Waals surface area contributed by atoms with Crippen molar-refractivity contribution in [2.24, 2.45) is 5.18 Å². The number of nitrogens with one attached hydrogen (secondary N) is 1. The molecule has 0 unspecified atom stereocenters. The van der Waals surface area contributed by atoms with Crippen molar-refractivity contribution in [1.82, 2.24) is 9.97 Å². The van der Waals surface area contributed by atoms with Crippen LogP contribution in [0.1, 0.15) is 16.8 Å². The Morgan fingerprint density at radius 3 is 2.31 bits per heavy atom. The summed E-state index contributed by atoms with van der Waals surface area (Å²) in [6.07, 6.45) is 0. The fourth-order valence-electron chi connectivity index (χ4n) is 3.16. The van der Waals surface area contributed by atoms with Crippen LogP contribution in [0, 0.1) is 11.8 Å². The van der Waals surface area contributed by atoms with Crippen molar-refractivity contribution in [3.8, 4) is 0 Å². The first-order valence-electron chi connectivity index (χ1n) is 9.34. The standard InChI is InChI=1S/C23H20N4OS/c1-16-19-10-4-5-11-20(19)27-23(26-16)24-14-17-8-2-6-12-21(17)29-22-13-7-3-9-18(22)15-25-28/h2-13H,14-15H2,1H3,(H,24,26,27). The van der Waals surface area contributed by atoms with Crippen molar-refractivity contribution in [1.29, 1.82) is 0 Å². The first-order valence-corrected chi connectivity index (χ1v) is 10.2. The molecule has 0 bridgehead atoms. The molecule has 29 heavy (non-hydrogen) atoms. The van der Waals surface area contributed by atoms with Gasteiger partial charge in [0.25, 0.3) is 0 Å². The van der Waals surface area contributed by atoms with Crippen LogP contribution in [0.4, 0.5) is 5.95 Å². The summed E-state index contributed by atoms with van der Waals surface area (Å²) in [6.45, 7) is 2.78. The quantitative estimate of drug-likeness (QED) is 0.387. The van der Waals surface area contributed by atoms with Crippen molar-refractivity contribution in [2.45, 2.75) is 29.8 Å². The molecule has 1 heterocycles. The van der Waals surface area contributed by atoms with Crippen LogP contribution in [0.25, 0.3) is 10.9 Å². The third-order valence-electron chi connectivity index (χ3n) is 4.63. The van der Waals surface area contributed by atoms with Gasteiger partial charge in [0, 0.05) is 21.7 Å². The number of hydrogen-bond acceptors (Lipinski definition) is 6. The molecule has 0 radical (unpaired) electrons. The summed E-state index contributed by atoms with van der Waals surface area (Å²) in [4.78, 5) is 22.1. The van der Waals surface area contributed by atoms with Gasteiger partial charge < -0.3 is 5.32 Å². The number of anilines is 1. The van der Waals surface area contributed by atoms with Gasteiger partial charge in [0.2, 0.25) is 5.95 Å². The fraction of sp³-hybridized carbons (Fsp3) is 0.130. The summed E-state index contributed by atoms with van der Waals surface area (Å²) in [5, 5.41) is 7.47. The Labute approximate surface area is 173 Å². The van der Waals surface area contributed by atoms with E-state index in [1.807, 2.05) is 67.6 Å². The number of aryl methyl sites for hydroxylation is 1.